The van der Waals surface area contributed by atoms with Gasteiger partial charge in [0, 0.05) is 41.9 Å². The van der Waals surface area contributed by atoms with Crippen molar-refractivity contribution in [2.75, 3.05) is 32.4 Å². The molecule has 1 aromatic rings. The second-order valence-corrected chi connectivity index (χ2v) is 5.29. The second-order valence-electron chi connectivity index (χ2n) is 4.85. The summed E-state index contributed by atoms with van der Waals surface area (Å²) in [5.74, 6) is 0.00384. The van der Waals surface area contributed by atoms with Gasteiger partial charge in [-0.1, -0.05) is 11.6 Å². The number of amides is 1. The van der Waals surface area contributed by atoms with Gasteiger partial charge in [0.2, 0.25) is 0 Å². The van der Waals surface area contributed by atoms with Gasteiger partial charge in [-0.05, 0) is 32.2 Å². The highest BCUT2D eigenvalue weighted by Crippen LogP contribution is 2.19. The number of piperazine rings is 1. The molecule has 98 valence electrons. The fraction of sp³-hybridized carbons (Fsp3) is 0.462. The van der Waals surface area contributed by atoms with Crippen LogP contribution < -0.4 is 5.73 Å². The predicted octanol–water partition coefficient (Wildman–Crippen LogP) is 1.70. The van der Waals surface area contributed by atoms with Crippen LogP contribution in [0.25, 0.3) is 0 Å². The van der Waals surface area contributed by atoms with Gasteiger partial charge >= 0.3 is 0 Å². The highest BCUT2D eigenvalue weighted by atomic mass is 35.5. The van der Waals surface area contributed by atoms with Crippen LogP contribution in [-0.2, 0) is 0 Å². The minimum absolute atomic E-state index is 0.00384. The predicted molar refractivity (Wildman–Crippen MR) is 73.9 cm³/mol. The zero-order valence-corrected chi connectivity index (χ0v) is 11.4. The summed E-state index contributed by atoms with van der Waals surface area (Å²) < 4.78 is 0. The average Bonchev–Trinajstić information content (AvgIpc) is 2.30. The number of nitrogens with zero attached hydrogens (tertiary/aromatic N) is 2. The smallest absolute Gasteiger partial charge is 0.254 e. The van der Waals surface area contributed by atoms with Gasteiger partial charge in [0.25, 0.3) is 5.91 Å². The number of halogens is 1. The number of carbonyl (C=O) groups is 1. The Morgan fingerprint density at radius 1 is 1.39 bits per heavy atom. The van der Waals surface area contributed by atoms with Crippen molar-refractivity contribution in [2.24, 2.45) is 0 Å². The van der Waals surface area contributed by atoms with E-state index in [0.29, 0.717) is 22.3 Å². The van der Waals surface area contributed by atoms with Crippen LogP contribution >= 0.6 is 11.6 Å². The van der Waals surface area contributed by atoms with E-state index in [1.165, 1.54) is 0 Å². The monoisotopic (exact) mass is 267 g/mol. The fourth-order valence-corrected chi connectivity index (χ4v) is 2.39. The largest absolute Gasteiger partial charge is 0.399 e. The molecule has 0 radical (unpaired) electrons. The molecule has 0 bridgehead atoms. The van der Waals surface area contributed by atoms with E-state index in [-0.39, 0.29) is 5.91 Å². The van der Waals surface area contributed by atoms with Gasteiger partial charge < -0.3 is 15.5 Å². The van der Waals surface area contributed by atoms with E-state index >= 15 is 0 Å². The molecule has 0 spiro atoms. The maximum absolute atomic E-state index is 12.3. The van der Waals surface area contributed by atoms with E-state index in [0.717, 1.165) is 19.6 Å². The van der Waals surface area contributed by atoms with E-state index in [4.69, 9.17) is 17.3 Å². The first-order valence-corrected chi connectivity index (χ1v) is 6.41. The second kappa shape index (κ2) is 5.16. The quantitative estimate of drug-likeness (QED) is 0.788. The van der Waals surface area contributed by atoms with Gasteiger partial charge in [0.15, 0.2) is 0 Å². The van der Waals surface area contributed by atoms with E-state index < -0.39 is 0 Å². The third kappa shape index (κ3) is 2.76. The first-order valence-electron chi connectivity index (χ1n) is 6.03. The molecule has 1 unspecified atom stereocenters. The van der Waals surface area contributed by atoms with Crippen LogP contribution in [0.1, 0.15) is 17.3 Å². The molecular weight excluding hydrogens is 250 g/mol. The van der Waals surface area contributed by atoms with E-state index in [2.05, 4.69) is 18.9 Å². The minimum Gasteiger partial charge on any atom is -0.399 e. The lowest BCUT2D eigenvalue weighted by atomic mass is 10.1. The first-order chi connectivity index (χ1) is 8.47. The average molecular weight is 268 g/mol. The molecule has 1 amide bonds. The van der Waals surface area contributed by atoms with Crippen molar-refractivity contribution in [3.63, 3.8) is 0 Å². The van der Waals surface area contributed by atoms with Crippen LogP contribution in [0.3, 0.4) is 0 Å². The molecule has 0 aromatic heterocycles. The van der Waals surface area contributed by atoms with Crippen molar-refractivity contribution in [2.45, 2.75) is 13.0 Å². The number of nitrogens with two attached hydrogens (primary N) is 1. The van der Waals surface area contributed by atoms with Gasteiger partial charge in [-0.15, -0.1) is 0 Å². The van der Waals surface area contributed by atoms with Gasteiger partial charge in [-0.25, -0.2) is 0 Å². The summed E-state index contributed by atoms with van der Waals surface area (Å²) in [6.45, 7) is 4.49. The first kappa shape index (κ1) is 13.2. The molecule has 5 heteroatoms. The normalized spacial score (nSPS) is 21.1. The van der Waals surface area contributed by atoms with E-state index in [1.54, 1.807) is 18.2 Å². The molecule has 1 atom stereocenters. The summed E-state index contributed by atoms with van der Waals surface area (Å²) in [7, 11) is 2.07. The topological polar surface area (TPSA) is 49.6 Å². The van der Waals surface area contributed by atoms with E-state index in [9.17, 15) is 4.79 Å². The lowest BCUT2D eigenvalue weighted by molar-refractivity contribution is 0.0572. The number of hydrogen-bond acceptors (Lipinski definition) is 3. The van der Waals surface area contributed by atoms with Crippen LogP contribution in [-0.4, -0.2) is 48.4 Å². The SMILES string of the molecule is CC1CN(C(=O)c2cc(N)cc(Cl)c2)CCN1C. The summed E-state index contributed by atoms with van der Waals surface area (Å²) in [5, 5.41) is 0.500. The Hall–Kier alpha value is -1.26. The molecule has 1 aliphatic rings. The Kier molecular flexibility index (Phi) is 3.78. The van der Waals surface area contributed by atoms with Crippen LogP contribution in [0.15, 0.2) is 18.2 Å². The van der Waals surface area contributed by atoms with Crippen molar-refractivity contribution in [3.8, 4) is 0 Å². The van der Waals surface area contributed by atoms with Crippen LogP contribution in [0.5, 0.6) is 0 Å². The lowest BCUT2D eigenvalue weighted by Crippen LogP contribution is -2.52. The van der Waals surface area contributed by atoms with Gasteiger partial charge in [0.1, 0.15) is 0 Å². The van der Waals surface area contributed by atoms with Gasteiger partial charge in [-0.2, -0.15) is 0 Å². The number of nitrogen functional groups attached to an aromatic ring is 1. The third-order valence-electron chi connectivity index (χ3n) is 3.41. The molecular formula is C13H18ClN3O. The molecule has 1 saturated heterocycles. The Labute approximate surface area is 112 Å². The Bertz CT molecular complexity index is 443. The lowest BCUT2D eigenvalue weighted by Gasteiger charge is -2.37. The number of anilines is 1. The Morgan fingerprint density at radius 3 is 2.72 bits per heavy atom. The van der Waals surface area contributed by atoms with Gasteiger partial charge in [0.05, 0.1) is 0 Å². The molecule has 2 N–H and O–H groups in total. The van der Waals surface area contributed by atoms with Crippen molar-refractivity contribution >= 4 is 23.2 Å². The van der Waals surface area contributed by atoms with Crippen molar-refractivity contribution < 1.29 is 4.79 Å². The standard InChI is InChI=1S/C13H18ClN3O/c1-9-8-17(4-3-16(9)2)13(18)10-5-11(14)7-12(15)6-10/h5-7,9H,3-4,8,15H2,1-2H3. The summed E-state index contributed by atoms with van der Waals surface area (Å²) in [6, 6.07) is 5.37. The van der Waals surface area contributed by atoms with E-state index in [1.807, 2.05) is 4.90 Å². The molecule has 1 aliphatic heterocycles. The van der Waals surface area contributed by atoms with Crippen LogP contribution in [0, 0.1) is 0 Å². The number of hydrogen-bond donors (Lipinski definition) is 1. The summed E-state index contributed by atoms with van der Waals surface area (Å²) in [4.78, 5) is 16.5. The highest BCUT2D eigenvalue weighted by molar-refractivity contribution is 6.31. The molecule has 1 fully saturated rings. The number of benzene rings is 1. The zero-order valence-electron chi connectivity index (χ0n) is 10.7. The van der Waals surface area contributed by atoms with Crippen molar-refractivity contribution in [1.29, 1.82) is 0 Å². The number of carbonyl (C=O) groups excluding carboxylic acids is 1. The summed E-state index contributed by atoms with van der Waals surface area (Å²) in [5.41, 5.74) is 6.80. The maximum atomic E-state index is 12.3. The Balaban J connectivity index is 2.16. The molecule has 0 saturated carbocycles. The zero-order chi connectivity index (χ0) is 13.3. The molecule has 4 nitrogen and oxygen atoms in total. The molecule has 1 heterocycles. The molecule has 2 rings (SSSR count). The highest BCUT2D eigenvalue weighted by Gasteiger charge is 2.25. The van der Waals surface area contributed by atoms with Crippen LogP contribution in [0.4, 0.5) is 5.69 Å². The van der Waals surface area contributed by atoms with Crippen molar-refractivity contribution in [3.05, 3.63) is 28.8 Å². The van der Waals surface area contributed by atoms with Crippen LogP contribution in [0.2, 0.25) is 5.02 Å². The molecule has 0 aliphatic carbocycles. The fourth-order valence-electron chi connectivity index (χ4n) is 2.15. The minimum atomic E-state index is 0.00384. The van der Waals surface area contributed by atoms with Gasteiger partial charge in [-0.3, -0.25) is 4.79 Å². The van der Waals surface area contributed by atoms with Crippen molar-refractivity contribution in [1.82, 2.24) is 9.80 Å². The Morgan fingerprint density at radius 2 is 2.11 bits per heavy atom. The molecule has 1 aromatic carbocycles. The number of rotatable bonds is 1. The summed E-state index contributed by atoms with van der Waals surface area (Å²) >= 11 is 5.93. The maximum Gasteiger partial charge on any atom is 0.254 e. The summed E-state index contributed by atoms with van der Waals surface area (Å²) in [6.07, 6.45) is 0. The third-order valence-corrected chi connectivity index (χ3v) is 3.63. The number of likely N-dealkylation sites (N-methyl/N-ethyl adjacent to an activating group) is 1. The molecule has 18 heavy (non-hydrogen) atoms.